The predicted molar refractivity (Wildman–Crippen MR) is 68.6 cm³/mol. The Morgan fingerprint density at radius 3 is 2.60 bits per heavy atom. The second-order valence-electron chi connectivity index (χ2n) is 3.82. The molecule has 9 nitrogen and oxygen atoms in total. The topological polar surface area (TPSA) is 134 Å². The number of nitrogens with one attached hydrogen (secondary N) is 3. The van der Waals surface area contributed by atoms with Gasteiger partial charge in [0.05, 0.1) is 0 Å². The molecule has 20 heavy (non-hydrogen) atoms. The molecule has 0 bridgehead atoms. The first kappa shape index (κ1) is 15.2. The Morgan fingerprint density at radius 2 is 2.10 bits per heavy atom. The summed E-state index contributed by atoms with van der Waals surface area (Å²) < 4.78 is 0. The highest BCUT2D eigenvalue weighted by molar-refractivity contribution is 6.17. The number of carbonyl (C=O) groups is 4. The molecule has 0 spiro atoms. The number of allylic oxidation sites excluding steroid dienone is 1. The van der Waals surface area contributed by atoms with Crippen molar-refractivity contribution in [2.45, 2.75) is 6.92 Å². The maximum absolute atomic E-state index is 12.2. The van der Waals surface area contributed by atoms with Gasteiger partial charge in [-0.3, -0.25) is 25.2 Å². The van der Waals surface area contributed by atoms with Crippen molar-refractivity contribution in [1.82, 2.24) is 21.1 Å². The summed E-state index contributed by atoms with van der Waals surface area (Å²) in [6, 6.07) is -1.69. The van der Waals surface area contributed by atoms with Crippen LogP contribution < -0.4 is 21.9 Å². The first-order valence-corrected chi connectivity index (χ1v) is 5.67. The Balaban J connectivity index is 2.98. The molecule has 1 heterocycles. The van der Waals surface area contributed by atoms with E-state index in [1.807, 2.05) is 0 Å². The third-order valence-corrected chi connectivity index (χ3v) is 2.51. The third kappa shape index (κ3) is 3.13. The van der Waals surface area contributed by atoms with Gasteiger partial charge in [0.15, 0.2) is 5.92 Å². The van der Waals surface area contributed by atoms with Crippen LogP contribution in [0.25, 0.3) is 0 Å². The molecule has 0 radical (unpaired) electrons. The smallest absolute Gasteiger partial charge is 0.331 e. The molecule has 1 rings (SSSR count). The van der Waals surface area contributed by atoms with Gasteiger partial charge in [-0.1, -0.05) is 12.2 Å². The Morgan fingerprint density at radius 1 is 1.45 bits per heavy atom. The number of amides is 6. The van der Waals surface area contributed by atoms with Crippen molar-refractivity contribution in [1.29, 1.82) is 0 Å². The van der Waals surface area contributed by atoms with E-state index in [-0.39, 0.29) is 12.2 Å². The summed E-state index contributed by atoms with van der Waals surface area (Å²) in [7, 11) is 0. The van der Waals surface area contributed by atoms with E-state index in [2.05, 4.69) is 22.7 Å². The molecule has 1 atom stereocenters. The van der Waals surface area contributed by atoms with Gasteiger partial charge in [-0.2, -0.15) is 0 Å². The van der Waals surface area contributed by atoms with Gasteiger partial charge in [-0.25, -0.2) is 9.59 Å². The minimum absolute atomic E-state index is 0.0330. The highest BCUT2D eigenvalue weighted by Crippen LogP contribution is 2.17. The Kier molecular flexibility index (Phi) is 4.84. The SMILES string of the molecule is C=CCN1C(=O)NC(=O)[C@H](/C(=C\C)NNC(N)=O)C1=O. The van der Waals surface area contributed by atoms with Crippen LogP contribution in [0.5, 0.6) is 0 Å². The quantitative estimate of drug-likeness (QED) is 0.289. The molecule has 0 aromatic rings. The van der Waals surface area contributed by atoms with E-state index < -0.39 is 29.8 Å². The zero-order valence-corrected chi connectivity index (χ0v) is 10.8. The highest BCUT2D eigenvalue weighted by atomic mass is 16.2. The van der Waals surface area contributed by atoms with Crippen molar-refractivity contribution >= 4 is 23.9 Å². The molecule has 1 aliphatic heterocycles. The van der Waals surface area contributed by atoms with E-state index in [0.717, 1.165) is 4.90 Å². The summed E-state index contributed by atoms with van der Waals surface area (Å²) in [6.07, 6.45) is 2.77. The van der Waals surface area contributed by atoms with E-state index >= 15 is 0 Å². The minimum Gasteiger partial charge on any atom is -0.350 e. The largest absolute Gasteiger partial charge is 0.350 e. The number of nitrogens with two attached hydrogens (primary N) is 1. The van der Waals surface area contributed by atoms with Gasteiger partial charge in [0.2, 0.25) is 11.8 Å². The molecular weight excluding hydrogens is 266 g/mol. The summed E-state index contributed by atoms with van der Waals surface area (Å²) in [4.78, 5) is 46.9. The maximum atomic E-state index is 12.2. The molecule has 0 aliphatic carbocycles. The summed E-state index contributed by atoms with van der Waals surface area (Å²) in [5.74, 6) is -2.78. The maximum Gasteiger partial charge on any atom is 0.331 e. The van der Waals surface area contributed by atoms with Crippen LogP contribution in [0.1, 0.15) is 6.92 Å². The number of hydrazine groups is 1. The first-order chi connectivity index (χ1) is 9.42. The number of nitrogens with zero attached hydrogens (tertiary/aromatic N) is 1. The minimum atomic E-state index is -1.27. The molecule has 1 aliphatic rings. The van der Waals surface area contributed by atoms with Crippen molar-refractivity contribution in [3.63, 3.8) is 0 Å². The summed E-state index contributed by atoms with van der Waals surface area (Å²) in [5.41, 5.74) is 9.42. The van der Waals surface area contributed by atoms with Gasteiger partial charge in [0, 0.05) is 12.2 Å². The number of hydrogen-bond acceptors (Lipinski definition) is 5. The molecule has 6 amide bonds. The number of imide groups is 2. The number of hydrogen-bond donors (Lipinski definition) is 4. The summed E-state index contributed by atoms with van der Waals surface area (Å²) in [6.45, 7) is 4.95. The molecule has 5 N–H and O–H groups in total. The van der Waals surface area contributed by atoms with Crippen molar-refractivity contribution in [3.05, 3.63) is 24.4 Å². The Bertz CT molecular complexity index is 499. The molecule has 0 aromatic heterocycles. The van der Waals surface area contributed by atoms with E-state index in [0.29, 0.717) is 0 Å². The third-order valence-electron chi connectivity index (χ3n) is 2.51. The number of primary amides is 1. The van der Waals surface area contributed by atoms with Gasteiger partial charge >= 0.3 is 12.1 Å². The summed E-state index contributed by atoms with van der Waals surface area (Å²) >= 11 is 0. The van der Waals surface area contributed by atoms with E-state index in [1.165, 1.54) is 12.2 Å². The molecule has 0 aromatic carbocycles. The van der Waals surface area contributed by atoms with Crippen LogP contribution in [0.15, 0.2) is 24.4 Å². The highest BCUT2D eigenvalue weighted by Gasteiger charge is 2.42. The number of barbiturate groups is 1. The molecule has 0 unspecified atom stereocenters. The number of urea groups is 2. The lowest BCUT2D eigenvalue weighted by molar-refractivity contribution is -0.140. The Labute approximate surface area is 114 Å². The lowest BCUT2D eigenvalue weighted by atomic mass is 10.0. The van der Waals surface area contributed by atoms with E-state index in [9.17, 15) is 19.2 Å². The van der Waals surface area contributed by atoms with Crippen molar-refractivity contribution < 1.29 is 19.2 Å². The average Bonchev–Trinajstić information content (AvgIpc) is 2.37. The lowest BCUT2D eigenvalue weighted by Gasteiger charge is -2.30. The molecular formula is C11H15N5O4. The van der Waals surface area contributed by atoms with E-state index in [1.54, 1.807) is 6.92 Å². The van der Waals surface area contributed by atoms with Crippen LogP contribution in [0.3, 0.4) is 0 Å². The standard InChI is InChI=1S/C11H15N5O4/c1-3-5-16-9(18)7(8(17)13-11(16)20)6(4-2)14-15-10(12)19/h3-4,7,14H,1,5H2,2H3,(H3,12,15,19)(H,13,17,20)/b6-4+/t7-/m0/s1. The van der Waals surface area contributed by atoms with Crippen LogP contribution in [0, 0.1) is 5.92 Å². The molecule has 1 saturated heterocycles. The zero-order chi connectivity index (χ0) is 15.3. The molecule has 9 heteroatoms. The second-order valence-corrected chi connectivity index (χ2v) is 3.82. The van der Waals surface area contributed by atoms with Gasteiger partial charge in [-0.05, 0) is 6.92 Å². The van der Waals surface area contributed by atoms with Crippen LogP contribution in [0.4, 0.5) is 9.59 Å². The van der Waals surface area contributed by atoms with Gasteiger partial charge < -0.3 is 11.2 Å². The van der Waals surface area contributed by atoms with Gasteiger partial charge in [0.1, 0.15) is 0 Å². The lowest BCUT2D eigenvalue weighted by Crippen LogP contribution is -2.60. The fourth-order valence-electron chi connectivity index (χ4n) is 1.63. The number of carbonyl (C=O) groups excluding carboxylic acids is 4. The predicted octanol–water partition coefficient (Wildman–Crippen LogP) is -1.06. The first-order valence-electron chi connectivity index (χ1n) is 5.67. The van der Waals surface area contributed by atoms with Crippen LogP contribution in [0.2, 0.25) is 0 Å². The Hall–Kier alpha value is -2.84. The van der Waals surface area contributed by atoms with Crippen molar-refractivity contribution in [2.75, 3.05) is 6.54 Å². The molecule has 1 fully saturated rings. The normalized spacial score (nSPS) is 19.4. The average molecular weight is 281 g/mol. The fraction of sp³-hybridized carbons (Fsp3) is 0.273. The fourth-order valence-corrected chi connectivity index (χ4v) is 1.63. The van der Waals surface area contributed by atoms with Crippen LogP contribution >= 0.6 is 0 Å². The monoisotopic (exact) mass is 281 g/mol. The van der Waals surface area contributed by atoms with E-state index in [4.69, 9.17) is 5.73 Å². The van der Waals surface area contributed by atoms with Gasteiger partial charge in [0.25, 0.3) is 0 Å². The van der Waals surface area contributed by atoms with Crippen LogP contribution in [-0.4, -0.2) is 35.3 Å². The molecule has 108 valence electrons. The zero-order valence-electron chi connectivity index (χ0n) is 10.8. The van der Waals surface area contributed by atoms with Gasteiger partial charge in [-0.15, -0.1) is 6.58 Å². The summed E-state index contributed by atoms with van der Waals surface area (Å²) in [5, 5.41) is 2.05. The second kappa shape index (κ2) is 6.36. The number of rotatable bonds is 5. The molecule has 0 saturated carbocycles. The van der Waals surface area contributed by atoms with Crippen molar-refractivity contribution in [2.24, 2.45) is 11.7 Å². The van der Waals surface area contributed by atoms with Crippen molar-refractivity contribution in [3.8, 4) is 0 Å². The van der Waals surface area contributed by atoms with Crippen LogP contribution in [-0.2, 0) is 9.59 Å².